The molecular weight excluding hydrogens is 490 g/mol. The lowest BCUT2D eigenvalue weighted by Gasteiger charge is -2.07. The zero-order valence-corrected chi connectivity index (χ0v) is 24.4. The molecular formula is C29H53NO6S. The van der Waals surface area contributed by atoms with Crippen molar-refractivity contribution in [2.75, 3.05) is 19.8 Å². The van der Waals surface area contributed by atoms with Crippen LogP contribution in [0.1, 0.15) is 116 Å². The van der Waals surface area contributed by atoms with Crippen LogP contribution < -0.4 is 5.73 Å². The van der Waals surface area contributed by atoms with E-state index in [2.05, 4.69) is 6.92 Å². The van der Waals surface area contributed by atoms with Gasteiger partial charge in [0, 0.05) is 19.6 Å². The van der Waals surface area contributed by atoms with Crippen molar-refractivity contribution >= 4 is 16.1 Å². The van der Waals surface area contributed by atoms with Crippen LogP contribution in [0.15, 0.2) is 29.2 Å². The van der Waals surface area contributed by atoms with Crippen molar-refractivity contribution in [2.45, 2.75) is 128 Å². The molecule has 0 bridgehead atoms. The van der Waals surface area contributed by atoms with E-state index in [-0.39, 0.29) is 10.9 Å². The molecule has 0 aliphatic carbocycles. The minimum Gasteiger partial charge on any atom is -0.464 e. The molecule has 0 aromatic heterocycles. The Hall–Kier alpha value is -1.48. The molecule has 37 heavy (non-hydrogen) atoms. The molecule has 8 heteroatoms. The number of carbonyl (C=O) groups is 1. The van der Waals surface area contributed by atoms with Crippen LogP contribution in [0.5, 0.6) is 0 Å². The minimum absolute atomic E-state index is 0.0666. The van der Waals surface area contributed by atoms with Gasteiger partial charge in [0.15, 0.2) is 0 Å². The quantitative estimate of drug-likeness (QED) is 0.0973. The smallest absolute Gasteiger partial charge is 0.322 e. The summed E-state index contributed by atoms with van der Waals surface area (Å²) in [5, 5.41) is 0. The average Bonchev–Trinajstić information content (AvgIpc) is 2.85. The van der Waals surface area contributed by atoms with Crippen LogP contribution >= 0.6 is 0 Å². The highest BCUT2D eigenvalue weighted by Crippen LogP contribution is 2.13. The van der Waals surface area contributed by atoms with Crippen molar-refractivity contribution < 1.29 is 27.2 Å². The predicted octanol–water partition coefficient (Wildman–Crippen LogP) is 7.01. The van der Waals surface area contributed by atoms with Crippen molar-refractivity contribution in [3.05, 3.63) is 29.8 Å². The zero-order valence-electron chi connectivity index (χ0n) is 23.6. The van der Waals surface area contributed by atoms with E-state index in [0.717, 1.165) is 25.0 Å². The van der Waals surface area contributed by atoms with Crippen molar-refractivity contribution in [1.29, 1.82) is 0 Å². The number of esters is 1. The van der Waals surface area contributed by atoms with Gasteiger partial charge in [-0.15, -0.1) is 0 Å². The highest BCUT2D eigenvalue weighted by Gasteiger charge is 2.08. The number of benzene rings is 1. The molecule has 0 heterocycles. The fraction of sp³-hybridized carbons (Fsp3) is 0.759. The van der Waals surface area contributed by atoms with Crippen LogP contribution in [0.4, 0.5) is 0 Å². The molecule has 1 rings (SSSR count). The number of nitrogens with two attached hydrogens (primary N) is 1. The van der Waals surface area contributed by atoms with Crippen LogP contribution in [-0.2, 0) is 24.4 Å². The van der Waals surface area contributed by atoms with Gasteiger partial charge in [0.1, 0.15) is 6.04 Å². The van der Waals surface area contributed by atoms with E-state index in [1.54, 1.807) is 19.1 Å². The minimum atomic E-state index is -4.02. The van der Waals surface area contributed by atoms with E-state index < -0.39 is 16.2 Å². The van der Waals surface area contributed by atoms with Gasteiger partial charge in [-0.25, -0.2) is 0 Å². The van der Waals surface area contributed by atoms with E-state index in [0.29, 0.717) is 13.2 Å². The number of ether oxygens (including phenoxy) is 2. The summed E-state index contributed by atoms with van der Waals surface area (Å²) in [4.78, 5) is 11.1. The third-order valence-electron chi connectivity index (χ3n) is 6.01. The van der Waals surface area contributed by atoms with E-state index in [4.69, 9.17) is 19.8 Å². The lowest BCUT2D eigenvalue weighted by Crippen LogP contribution is -2.29. The Morgan fingerprint density at radius 1 is 0.784 bits per heavy atom. The number of hydrogen-bond acceptors (Lipinski definition) is 6. The standard InChI is InChI=1S/C22H45NO3.C7H8O3S/c1-3-4-5-6-7-8-9-10-11-12-13-14-15-16-18-25-19-17-20-26-22(24)21(2)23;1-6-2-4-7(5-3-6)11(8,9)10/h21H,3-20,23H2,1-2H3;2-5H,1H3,(H,8,9,10)/t21-;/m0./s1. The topological polar surface area (TPSA) is 116 Å². The van der Waals surface area contributed by atoms with E-state index in [1.807, 2.05) is 6.92 Å². The maximum absolute atomic E-state index is 11.1. The molecule has 0 spiro atoms. The first-order chi connectivity index (χ1) is 17.7. The summed E-state index contributed by atoms with van der Waals surface area (Å²) in [7, 11) is -4.02. The van der Waals surface area contributed by atoms with E-state index in [1.165, 1.54) is 95.6 Å². The van der Waals surface area contributed by atoms with Gasteiger partial charge in [-0.05, 0) is 32.4 Å². The molecule has 1 atom stereocenters. The summed E-state index contributed by atoms with van der Waals surface area (Å²) in [6.45, 7) is 7.63. The Kier molecular flexibility index (Phi) is 22.7. The predicted molar refractivity (Wildman–Crippen MR) is 151 cm³/mol. The first kappa shape index (κ1) is 35.5. The third kappa shape index (κ3) is 23.4. The van der Waals surface area contributed by atoms with Crippen LogP contribution in [0, 0.1) is 6.92 Å². The maximum Gasteiger partial charge on any atom is 0.322 e. The molecule has 1 aromatic carbocycles. The second-order valence-electron chi connectivity index (χ2n) is 9.81. The summed E-state index contributed by atoms with van der Waals surface area (Å²) in [5.74, 6) is -0.336. The van der Waals surface area contributed by atoms with E-state index >= 15 is 0 Å². The van der Waals surface area contributed by atoms with Gasteiger partial charge in [0.2, 0.25) is 0 Å². The maximum atomic E-state index is 11.1. The molecule has 1 aromatic rings. The van der Waals surface area contributed by atoms with Crippen LogP contribution in [0.2, 0.25) is 0 Å². The number of hydrogen-bond donors (Lipinski definition) is 2. The second-order valence-corrected chi connectivity index (χ2v) is 11.2. The fourth-order valence-electron chi connectivity index (χ4n) is 3.68. The normalized spacial score (nSPS) is 12.0. The largest absolute Gasteiger partial charge is 0.464 e. The second kappa shape index (κ2) is 23.6. The summed E-state index contributed by atoms with van der Waals surface area (Å²) in [6.07, 6.45) is 20.0. The van der Waals surface area contributed by atoms with Crippen molar-refractivity contribution in [2.24, 2.45) is 5.73 Å². The number of unbranched alkanes of at least 4 members (excludes halogenated alkanes) is 13. The van der Waals surface area contributed by atoms with Crippen molar-refractivity contribution in [3.8, 4) is 0 Å². The monoisotopic (exact) mass is 543 g/mol. The Morgan fingerprint density at radius 3 is 1.65 bits per heavy atom. The van der Waals surface area contributed by atoms with Crippen LogP contribution in [-0.4, -0.2) is 44.8 Å². The van der Waals surface area contributed by atoms with Gasteiger partial charge >= 0.3 is 5.97 Å². The summed E-state index contributed by atoms with van der Waals surface area (Å²) in [6, 6.07) is 5.45. The molecule has 0 fully saturated rings. The van der Waals surface area contributed by atoms with Gasteiger partial charge in [-0.1, -0.05) is 108 Å². The Labute approximate surface area is 226 Å². The van der Waals surface area contributed by atoms with Gasteiger partial charge in [0.05, 0.1) is 11.5 Å². The highest BCUT2D eigenvalue weighted by atomic mass is 32.2. The SMILES string of the molecule is CCCCCCCCCCCCCCCCOCCCOC(=O)[C@H](C)N.Cc1ccc(S(=O)(=O)O)cc1. The van der Waals surface area contributed by atoms with Gasteiger partial charge in [0.25, 0.3) is 10.1 Å². The molecule has 7 nitrogen and oxygen atoms in total. The van der Waals surface area contributed by atoms with Gasteiger partial charge in [-0.2, -0.15) is 8.42 Å². The summed E-state index contributed by atoms with van der Waals surface area (Å²) in [5.41, 5.74) is 6.37. The highest BCUT2D eigenvalue weighted by molar-refractivity contribution is 7.85. The first-order valence-corrected chi connectivity index (χ1v) is 15.7. The molecule has 0 radical (unpaired) electrons. The molecule has 0 amide bonds. The van der Waals surface area contributed by atoms with Crippen molar-refractivity contribution in [3.63, 3.8) is 0 Å². The first-order valence-electron chi connectivity index (χ1n) is 14.2. The van der Waals surface area contributed by atoms with Crippen molar-refractivity contribution in [1.82, 2.24) is 0 Å². The third-order valence-corrected chi connectivity index (χ3v) is 6.88. The summed E-state index contributed by atoms with van der Waals surface area (Å²) < 4.78 is 40.1. The Morgan fingerprint density at radius 2 is 1.22 bits per heavy atom. The number of rotatable bonds is 21. The van der Waals surface area contributed by atoms with Gasteiger partial charge in [-0.3, -0.25) is 9.35 Å². The Bertz CT molecular complexity index is 765. The lowest BCUT2D eigenvalue weighted by atomic mass is 10.0. The summed E-state index contributed by atoms with van der Waals surface area (Å²) >= 11 is 0. The number of aryl methyl sites for hydroxylation is 1. The molecule has 0 unspecified atom stereocenters. The lowest BCUT2D eigenvalue weighted by molar-refractivity contribution is -0.145. The molecule has 3 N–H and O–H groups in total. The molecule has 0 saturated heterocycles. The average molecular weight is 544 g/mol. The molecule has 0 aliphatic heterocycles. The fourth-order valence-corrected chi connectivity index (χ4v) is 4.16. The van der Waals surface area contributed by atoms with E-state index in [9.17, 15) is 13.2 Å². The molecule has 216 valence electrons. The van der Waals surface area contributed by atoms with Gasteiger partial charge < -0.3 is 15.2 Å². The number of carbonyl (C=O) groups excluding carboxylic acids is 1. The molecule has 0 aliphatic rings. The molecule has 0 saturated carbocycles. The van der Waals surface area contributed by atoms with Crippen LogP contribution in [0.3, 0.4) is 0 Å². The van der Waals surface area contributed by atoms with Crippen LogP contribution in [0.25, 0.3) is 0 Å². The Balaban J connectivity index is 0.000000970. The zero-order chi connectivity index (χ0) is 27.8.